The topological polar surface area (TPSA) is 38.5 Å². The monoisotopic (exact) mass is 338 g/mol. The zero-order valence-corrected chi connectivity index (χ0v) is 16.0. The van der Waals surface area contributed by atoms with Crippen molar-refractivity contribution < 1.29 is 4.74 Å². The first-order chi connectivity index (χ1) is 11.9. The molecule has 0 amide bonds. The van der Waals surface area contributed by atoms with E-state index < -0.39 is 0 Å². The Hall–Kier alpha value is -1.84. The van der Waals surface area contributed by atoms with Crippen LogP contribution in [0.5, 0.6) is 5.75 Å². The third kappa shape index (κ3) is 3.31. The first-order valence-corrected chi connectivity index (χ1v) is 9.04. The average molecular weight is 338 g/mol. The Morgan fingerprint density at radius 1 is 1.08 bits per heavy atom. The van der Waals surface area contributed by atoms with Gasteiger partial charge in [0.25, 0.3) is 0 Å². The molecule has 1 heterocycles. The number of hydrogen-bond donors (Lipinski definition) is 1. The van der Waals surface area contributed by atoms with E-state index in [2.05, 4.69) is 63.1 Å². The Morgan fingerprint density at radius 3 is 2.44 bits per heavy atom. The van der Waals surface area contributed by atoms with E-state index in [0.29, 0.717) is 12.5 Å². The number of nitrogens with two attached hydrogens (primary N) is 1. The molecule has 0 aromatic heterocycles. The second-order valence-corrected chi connectivity index (χ2v) is 8.08. The van der Waals surface area contributed by atoms with Crippen LogP contribution in [-0.2, 0) is 5.41 Å². The highest BCUT2D eigenvalue weighted by atomic mass is 16.5. The van der Waals surface area contributed by atoms with Gasteiger partial charge in [-0.3, -0.25) is 4.90 Å². The summed E-state index contributed by atoms with van der Waals surface area (Å²) in [5.74, 6) is 1.26. The number of rotatable bonds is 3. The van der Waals surface area contributed by atoms with Crippen molar-refractivity contribution in [2.75, 3.05) is 27.2 Å². The van der Waals surface area contributed by atoms with Gasteiger partial charge in [0.15, 0.2) is 0 Å². The fourth-order valence-corrected chi connectivity index (χ4v) is 3.93. The number of hydrogen-bond acceptors (Lipinski definition) is 3. The third-order valence-corrected chi connectivity index (χ3v) is 5.43. The average Bonchev–Trinajstić information content (AvgIpc) is 2.59. The predicted octanol–water partition coefficient (Wildman–Crippen LogP) is 4.07. The molecule has 2 N–H and O–H groups in total. The predicted molar refractivity (Wildman–Crippen MR) is 104 cm³/mol. The summed E-state index contributed by atoms with van der Waals surface area (Å²) in [6.07, 6.45) is 0. The Bertz CT molecular complexity index is 748. The standard InChI is InChI=1S/C22H30N2O/c1-22(2,3)15-10-11-16-18(12-15)20(13-23)24(4)14-19(16)17-8-6-7-9-21(17)25-5/h6-12,19-20H,13-14,23H2,1-5H3. The zero-order chi connectivity index (χ0) is 18.2. The molecular formula is C22H30N2O. The van der Waals surface area contributed by atoms with Crippen molar-refractivity contribution in [2.24, 2.45) is 5.73 Å². The smallest absolute Gasteiger partial charge is 0.122 e. The molecule has 3 nitrogen and oxygen atoms in total. The van der Waals surface area contributed by atoms with Crippen molar-refractivity contribution in [3.8, 4) is 5.75 Å². The molecule has 2 aromatic rings. The highest BCUT2D eigenvalue weighted by molar-refractivity contribution is 5.49. The van der Waals surface area contributed by atoms with Crippen LogP contribution in [-0.4, -0.2) is 32.1 Å². The van der Waals surface area contributed by atoms with Gasteiger partial charge >= 0.3 is 0 Å². The van der Waals surface area contributed by atoms with Gasteiger partial charge in [0, 0.05) is 30.6 Å². The summed E-state index contributed by atoms with van der Waals surface area (Å²) in [5, 5.41) is 0. The molecule has 0 saturated heterocycles. The normalized spacial score (nSPS) is 21.0. The van der Waals surface area contributed by atoms with E-state index >= 15 is 0 Å². The molecule has 3 rings (SSSR count). The van der Waals surface area contributed by atoms with E-state index in [0.717, 1.165) is 12.3 Å². The molecule has 0 radical (unpaired) electrons. The Labute approximate surface area is 151 Å². The van der Waals surface area contributed by atoms with Crippen LogP contribution in [0.15, 0.2) is 42.5 Å². The lowest BCUT2D eigenvalue weighted by Gasteiger charge is -2.40. The maximum absolute atomic E-state index is 6.14. The summed E-state index contributed by atoms with van der Waals surface area (Å²) in [6, 6.07) is 15.6. The van der Waals surface area contributed by atoms with Crippen molar-refractivity contribution in [3.63, 3.8) is 0 Å². The fraction of sp³-hybridized carbons (Fsp3) is 0.455. The fourth-order valence-electron chi connectivity index (χ4n) is 3.93. The lowest BCUT2D eigenvalue weighted by molar-refractivity contribution is 0.222. The summed E-state index contributed by atoms with van der Waals surface area (Å²) in [7, 11) is 3.92. The van der Waals surface area contributed by atoms with E-state index in [4.69, 9.17) is 10.5 Å². The number of ether oxygens (including phenoxy) is 1. The Morgan fingerprint density at radius 2 is 1.80 bits per heavy atom. The lowest BCUT2D eigenvalue weighted by atomic mass is 9.77. The molecule has 2 aromatic carbocycles. The highest BCUT2D eigenvalue weighted by Crippen LogP contribution is 2.42. The molecule has 2 atom stereocenters. The maximum Gasteiger partial charge on any atom is 0.122 e. The number of nitrogens with zero attached hydrogens (tertiary/aromatic N) is 1. The van der Waals surface area contributed by atoms with Crippen molar-refractivity contribution in [2.45, 2.75) is 38.1 Å². The molecule has 0 spiro atoms. The van der Waals surface area contributed by atoms with Gasteiger partial charge in [-0.1, -0.05) is 57.2 Å². The zero-order valence-electron chi connectivity index (χ0n) is 16.0. The molecule has 25 heavy (non-hydrogen) atoms. The second-order valence-electron chi connectivity index (χ2n) is 8.08. The summed E-state index contributed by atoms with van der Waals surface area (Å²) < 4.78 is 5.64. The van der Waals surface area contributed by atoms with E-state index in [-0.39, 0.29) is 11.5 Å². The van der Waals surface area contributed by atoms with Gasteiger partial charge in [-0.2, -0.15) is 0 Å². The Kier molecular flexibility index (Phi) is 4.90. The van der Waals surface area contributed by atoms with Crippen LogP contribution in [0.2, 0.25) is 0 Å². The third-order valence-electron chi connectivity index (χ3n) is 5.43. The van der Waals surface area contributed by atoms with E-state index in [1.807, 2.05) is 12.1 Å². The van der Waals surface area contributed by atoms with Gasteiger partial charge in [0.2, 0.25) is 0 Å². The summed E-state index contributed by atoms with van der Waals surface area (Å²) >= 11 is 0. The molecule has 0 bridgehead atoms. The number of methoxy groups -OCH3 is 1. The highest BCUT2D eigenvalue weighted by Gasteiger charge is 2.33. The number of likely N-dealkylation sites (N-methyl/N-ethyl adjacent to an activating group) is 1. The van der Waals surface area contributed by atoms with Crippen LogP contribution in [0.3, 0.4) is 0 Å². The number of para-hydroxylation sites is 1. The van der Waals surface area contributed by atoms with Crippen LogP contribution in [0.1, 0.15) is 55.0 Å². The van der Waals surface area contributed by atoms with Gasteiger partial charge in [-0.25, -0.2) is 0 Å². The molecule has 134 valence electrons. The van der Waals surface area contributed by atoms with Gasteiger partial charge < -0.3 is 10.5 Å². The van der Waals surface area contributed by atoms with Crippen molar-refractivity contribution in [3.05, 3.63) is 64.7 Å². The quantitative estimate of drug-likeness (QED) is 0.917. The van der Waals surface area contributed by atoms with Crippen molar-refractivity contribution in [1.29, 1.82) is 0 Å². The molecule has 0 aliphatic carbocycles. The maximum atomic E-state index is 6.14. The number of fused-ring (bicyclic) bond motifs is 1. The molecule has 0 fully saturated rings. The van der Waals surface area contributed by atoms with E-state index in [1.165, 1.54) is 22.3 Å². The van der Waals surface area contributed by atoms with Gasteiger partial charge in [-0.15, -0.1) is 0 Å². The summed E-state index contributed by atoms with van der Waals surface area (Å²) in [6.45, 7) is 8.36. The SMILES string of the molecule is COc1ccccc1C1CN(C)C(CN)c2cc(C(C)(C)C)ccc21. The molecule has 3 heteroatoms. The molecule has 0 saturated carbocycles. The van der Waals surface area contributed by atoms with Crippen LogP contribution in [0.25, 0.3) is 0 Å². The van der Waals surface area contributed by atoms with Crippen molar-refractivity contribution in [1.82, 2.24) is 4.90 Å². The van der Waals surface area contributed by atoms with Gasteiger partial charge in [0.05, 0.1) is 7.11 Å². The molecular weight excluding hydrogens is 308 g/mol. The van der Waals surface area contributed by atoms with Crippen LogP contribution >= 0.6 is 0 Å². The summed E-state index contributed by atoms with van der Waals surface area (Å²) in [5.41, 5.74) is 11.6. The first kappa shape index (κ1) is 18.0. The van der Waals surface area contributed by atoms with Crippen LogP contribution in [0.4, 0.5) is 0 Å². The van der Waals surface area contributed by atoms with Gasteiger partial charge in [-0.05, 0) is 35.2 Å². The van der Waals surface area contributed by atoms with Gasteiger partial charge in [0.1, 0.15) is 5.75 Å². The minimum absolute atomic E-state index is 0.129. The summed E-state index contributed by atoms with van der Waals surface area (Å²) in [4.78, 5) is 2.38. The van der Waals surface area contributed by atoms with Crippen LogP contribution < -0.4 is 10.5 Å². The minimum Gasteiger partial charge on any atom is -0.496 e. The second kappa shape index (κ2) is 6.81. The van der Waals surface area contributed by atoms with E-state index in [9.17, 15) is 0 Å². The van der Waals surface area contributed by atoms with E-state index in [1.54, 1.807) is 7.11 Å². The minimum atomic E-state index is 0.129. The number of benzene rings is 2. The van der Waals surface area contributed by atoms with Crippen molar-refractivity contribution >= 4 is 0 Å². The first-order valence-electron chi connectivity index (χ1n) is 9.04. The Balaban J connectivity index is 2.16. The molecule has 2 unspecified atom stereocenters. The molecule has 1 aliphatic rings. The molecule has 1 aliphatic heterocycles. The largest absolute Gasteiger partial charge is 0.496 e. The van der Waals surface area contributed by atoms with Crippen LogP contribution in [0, 0.1) is 0 Å². The lowest BCUT2D eigenvalue weighted by Crippen LogP contribution is -2.39.